The highest BCUT2D eigenvalue weighted by Gasteiger charge is 2.09. The highest BCUT2D eigenvalue weighted by atomic mass is 127. The maximum atomic E-state index is 4.55. The van der Waals surface area contributed by atoms with E-state index in [9.17, 15) is 0 Å². The number of rotatable bonds is 1. The second-order valence-electron chi connectivity index (χ2n) is 3.93. The summed E-state index contributed by atoms with van der Waals surface area (Å²) in [4.78, 5) is 0. The number of hydrogen-bond donors (Lipinski definition) is 0. The Morgan fingerprint density at radius 1 is 0.941 bits per heavy atom. The first-order valence-electron chi connectivity index (χ1n) is 5.43. The van der Waals surface area contributed by atoms with Gasteiger partial charge in [-0.05, 0) is 24.1 Å². The molecule has 2 aromatic rings. The molecule has 3 heteroatoms. The van der Waals surface area contributed by atoms with Gasteiger partial charge < -0.3 is 0 Å². The third kappa shape index (κ3) is 2.07. The highest BCUT2D eigenvalue weighted by molar-refractivity contribution is 14.1. The normalized spacial score (nSPS) is 13.6. The topological polar surface area (TPSA) is 24.7 Å². The molecule has 0 bridgehead atoms. The van der Waals surface area contributed by atoms with Crippen molar-refractivity contribution in [1.29, 1.82) is 0 Å². The Labute approximate surface area is 111 Å². The zero-order chi connectivity index (χ0) is 11.7. The van der Waals surface area contributed by atoms with Crippen LogP contribution in [-0.4, -0.2) is 5.71 Å². The van der Waals surface area contributed by atoms with Crippen molar-refractivity contribution in [2.45, 2.75) is 6.92 Å². The van der Waals surface area contributed by atoms with E-state index in [0.29, 0.717) is 0 Å². The van der Waals surface area contributed by atoms with Gasteiger partial charge >= 0.3 is 0 Å². The minimum atomic E-state index is -0.384. The molecule has 0 aromatic heterocycles. The quantitative estimate of drug-likeness (QED) is 0.664. The van der Waals surface area contributed by atoms with Crippen molar-refractivity contribution in [2.75, 3.05) is 0 Å². The van der Waals surface area contributed by atoms with Crippen LogP contribution in [0.3, 0.4) is 0 Å². The summed E-state index contributed by atoms with van der Waals surface area (Å²) >= 11 is -0.384. The molecule has 17 heavy (non-hydrogen) atoms. The molecule has 0 spiro atoms. The Morgan fingerprint density at radius 3 is 2.59 bits per heavy atom. The SMILES string of the molecule is CC1=NI=Nc2cc(-c3ccccc3)ccc21. The predicted octanol–water partition coefficient (Wildman–Crippen LogP) is 4.88. The van der Waals surface area contributed by atoms with E-state index in [-0.39, 0.29) is 21.3 Å². The van der Waals surface area contributed by atoms with Crippen LogP contribution in [0.15, 0.2) is 54.9 Å². The van der Waals surface area contributed by atoms with Crippen LogP contribution in [0.5, 0.6) is 0 Å². The molecule has 1 heterocycles. The fraction of sp³-hybridized carbons (Fsp3) is 0.0714. The lowest BCUT2D eigenvalue weighted by Crippen LogP contribution is -1.95. The fourth-order valence-electron chi connectivity index (χ4n) is 1.88. The van der Waals surface area contributed by atoms with Crippen molar-refractivity contribution < 1.29 is 0 Å². The van der Waals surface area contributed by atoms with Gasteiger partial charge in [0, 0.05) is 5.56 Å². The van der Waals surface area contributed by atoms with Gasteiger partial charge in [0.2, 0.25) is 0 Å². The number of fused-ring (bicyclic) bond motifs is 1. The van der Waals surface area contributed by atoms with Crippen molar-refractivity contribution in [1.82, 2.24) is 0 Å². The van der Waals surface area contributed by atoms with Crippen LogP contribution < -0.4 is 0 Å². The molecule has 0 radical (unpaired) electrons. The molecule has 0 saturated heterocycles. The van der Waals surface area contributed by atoms with E-state index in [1.165, 1.54) is 16.7 Å². The molecule has 0 N–H and O–H groups in total. The van der Waals surface area contributed by atoms with Crippen LogP contribution in [0.25, 0.3) is 11.1 Å². The molecule has 0 fully saturated rings. The van der Waals surface area contributed by atoms with Crippen molar-refractivity contribution in [2.24, 2.45) is 6.35 Å². The third-order valence-corrected chi connectivity index (χ3v) is 4.46. The number of hydrogen-bond acceptors (Lipinski definition) is 2. The van der Waals surface area contributed by atoms with Gasteiger partial charge in [0.1, 0.15) is 21.3 Å². The number of halogens is 1. The summed E-state index contributed by atoms with van der Waals surface area (Å²) in [6, 6.07) is 16.9. The third-order valence-electron chi connectivity index (χ3n) is 2.79. The Hall–Kier alpha value is -1.36. The first kappa shape index (κ1) is 10.8. The lowest BCUT2D eigenvalue weighted by Gasteiger charge is -2.10. The largest absolute Gasteiger partial charge is 0.208 e. The summed E-state index contributed by atoms with van der Waals surface area (Å²) in [5.41, 5.74) is 5.88. The van der Waals surface area contributed by atoms with Gasteiger partial charge in [-0.1, -0.05) is 42.5 Å². The van der Waals surface area contributed by atoms with Gasteiger partial charge in [0.25, 0.3) is 0 Å². The maximum Gasteiger partial charge on any atom is 0.143 e. The Kier molecular flexibility index (Phi) is 2.84. The molecule has 0 unspecified atom stereocenters. The van der Waals surface area contributed by atoms with Crippen LogP contribution in [-0.2, 0) is 0 Å². The van der Waals surface area contributed by atoms with Crippen LogP contribution >= 0.6 is 21.3 Å². The van der Waals surface area contributed by atoms with E-state index >= 15 is 0 Å². The molecule has 1 aliphatic heterocycles. The van der Waals surface area contributed by atoms with Crippen molar-refractivity contribution in [3.8, 4) is 11.1 Å². The number of nitrogens with zero attached hydrogens (tertiary/aromatic N) is 2. The number of benzene rings is 2. The Morgan fingerprint density at radius 2 is 1.76 bits per heavy atom. The van der Waals surface area contributed by atoms with Crippen LogP contribution in [0.1, 0.15) is 12.5 Å². The average Bonchev–Trinajstić information content (AvgIpc) is 2.40. The zero-order valence-electron chi connectivity index (χ0n) is 9.39. The molecule has 0 atom stereocenters. The van der Waals surface area contributed by atoms with Gasteiger partial charge in [-0.25, -0.2) is 6.35 Å². The Bertz CT molecular complexity index is 615. The zero-order valence-corrected chi connectivity index (χ0v) is 11.5. The smallest absolute Gasteiger partial charge is 0.143 e. The van der Waals surface area contributed by atoms with E-state index < -0.39 is 0 Å². The molecule has 2 aromatic carbocycles. The van der Waals surface area contributed by atoms with E-state index in [4.69, 9.17) is 0 Å². The summed E-state index contributed by atoms with van der Waals surface area (Å²) in [6.07, 6.45) is 0. The van der Waals surface area contributed by atoms with E-state index in [2.05, 4.69) is 55.7 Å². The van der Waals surface area contributed by atoms with E-state index in [0.717, 1.165) is 11.4 Å². The van der Waals surface area contributed by atoms with Crippen molar-refractivity contribution in [3.63, 3.8) is 0 Å². The summed E-state index contributed by atoms with van der Waals surface area (Å²) < 4.78 is 8.99. The molecular formula is C14H11IN2. The van der Waals surface area contributed by atoms with Gasteiger partial charge in [-0.2, -0.15) is 0 Å². The molecule has 1 aliphatic rings. The van der Waals surface area contributed by atoms with Gasteiger partial charge in [0.05, 0.1) is 11.4 Å². The van der Waals surface area contributed by atoms with Gasteiger partial charge in [-0.3, -0.25) is 0 Å². The fourth-order valence-corrected chi connectivity index (χ4v) is 3.20. The summed E-state index contributed by atoms with van der Waals surface area (Å²) in [5, 5.41) is 0. The lowest BCUT2D eigenvalue weighted by atomic mass is 10.0. The molecule has 84 valence electrons. The molecule has 0 saturated carbocycles. The van der Waals surface area contributed by atoms with Crippen molar-refractivity contribution >= 4 is 32.7 Å². The highest BCUT2D eigenvalue weighted by Crippen LogP contribution is 2.33. The molecule has 2 nitrogen and oxygen atoms in total. The minimum Gasteiger partial charge on any atom is -0.208 e. The van der Waals surface area contributed by atoms with Crippen LogP contribution in [0, 0.1) is 0 Å². The summed E-state index contributed by atoms with van der Waals surface area (Å²) in [6.45, 7) is 2.06. The average molecular weight is 334 g/mol. The summed E-state index contributed by atoms with van der Waals surface area (Å²) in [5.74, 6) is 0. The maximum absolute atomic E-state index is 4.55. The first-order chi connectivity index (χ1) is 8.34. The van der Waals surface area contributed by atoms with Crippen LogP contribution in [0.2, 0.25) is 0 Å². The monoisotopic (exact) mass is 334 g/mol. The summed E-state index contributed by atoms with van der Waals surface area (Å²) in [7, 11) is 0. The van der Waals surface area contributed by atoms with Gasteiger partial charge in [-0.15, -0.1) is 0 Å². The van der Waals surface area contributed by atoms with Crippen LogP contribution in [0.4, 0.5) is 5.69 Å². The molecule has 0 amide bonds. The minimum absolute atomic E-state index is 0.384. The first-order valence-corrected chi connectivity index (χ1v) is 7.36. The lowest BCUT2D eigenvalue weighted by molar-refractivity contribution is 1.51. The van der Waals surface area contributed by atoms with E-state index in [1.807, 2.05) is 6.07 Å². The van der Waals surface area contributed by atoms with E-state index in [1.54, 1.807) is 0 Å². The Balaban J connectivity index is 2.12. The second kappa shape index (κ2) is 4.49. The molecule has 3 rings (SSSR count). The molecule has 0 aliphatic carbocycles. The standard InChI is InChI=1S/C14H11IN2/c1-10-13-8-7-12(9-14(13)17-15-16-10)11-5-3-2-4-6-11/h2-9H,1H3. The molecular weight excluding hydrogens is 323 g/mol. The second-order valence-corrected chi connectivity index (χ2v) is 5.32. The van der Waals surface area contributed by atoms with Gasteiger partial charge in [0.15, 0.2) is 0 Å². The predicted molar refractivity (Wildman–Crippen MR) is 80.2 cm³/mol. The van der Waals surface area contributed by atoms with Crippen molar-refractivity contribution in [3.05, 3.63) is 54.1 Å².